The van der Waals surface area contributed by atoms with Crippen LogP contribution in [0.3, 0.4) is 0 Å². The molecular weight excluding hydrogens is 373 g/mol. The number of aromatic nitrogens is 3. The van der Waals surface area contributed by atoms with Gasteiger partial charge in [-0.2, -0.15) is 0 Å². The molecular formula is C18H19Cl2N5O. The predicted octanol–water partition coefficient (Wildman–Crippen LogP) is 4.50. The second kappa shape index (κ2) is 7.51. The van der Waals surface area contributed by atoms with Gasteiger partial charge in [0.2, 0.25) is 0 Å². The van der Waals surface area contributed by atoms with Gasteiger partial charge < -0.3 is 10.2 Å². The molecule has 0 aliphatic carbocycles. The van der Waals surface area contributed by atoms with Crippen molar-refractivity contribution in [3.8, 4) is 0 Å². The van der Waals surface area contributed by atoms with E-state index in [-0.39, 0.29) is 18.1 Å². The van der Waals surface area contributed by atoms with Crippen molar-refractivity contribution in [1.82, 2.24) is 24.8 Å². The van der Waals surface area contributed by atoms with E-state index in [1.807, 2.05) is 48.7 Å². The molecule has 2 amide bonds. The zero-order valence-electron chi connectivity index (χ0n) is 14.6. The quantitative estimate of drug-likeness (QED) is 0.711. The third-order valence-electron chi connectivity index (χ3n) is 4.38. The minimum atomic E-state index is -0.310. The number of halogens is 2. The molecule has 136 valence electrons. The third-order valence-corrected chi connectivity index (χ3v) is 4.94. The summed E-state index contributed by atoms with van der Waals surface area (Å²) in [4.78, 5) is 14.3. The Kier molecular flexibility index (Phi) is 5.34. The number of pyridine rings is 1. The number of nitrogens with one attached hydrogen (secondary N) is 1. The lowest BCUT2D eigenvalue weighted by molar-refractivity contribution is 0.190. The number of carbonyl (C=O) groups excluding carboxylic acids is 1. The Balaban J connectivity index is 1.74. The fourth-order valence-corrected chi connectivity index (χ4v) is 3.30. The molecule has 0 spiro atoms. The second-order valence-electron chi connectivity index (χ2n) is 6.11. The molecule has 1 aromatic carbocycles. The highest BCUT2D eigenvalue weighted by molar-refractivity contribution is 6.35. The first-order chi connectivity index (χ1) is 12.4. The van der Waals surface area contributed by atoms with Gasteiger partial charge in [-0.1, -0.05) is 35.3 Å². The Morgan fingerprint density at radius 3 is 2.69 bits per heavy atom. The second-order valence-corrected chi connectivity index (χ2v) is 6.95. The summed E-state index contributed by atoms with van der Waals surface area (Å²) in [5, 5.41) is 12.3. The molecule has 0 saturated heterocycles. The van der Waals surface area contributed by atoms with E-state index in [1.54, 1.807) is 24.1 Å². The summed E-state index contributed by atoms with van der Waals surface area (Å²) in [5.41, 5.74) is 1.56. The highest BCUT2D eigenvalue weighted by atomic mass is 35.5. The molecule has 3 rings (SSSR count). The zero-order valence-corrected chi connectivity index (χ0v) is 16.2. The molecule has 3 aromatic rings. The lowest BCUT2D eigenvalue weighted by Crippen LogP contribution is -2.40. The van der Waals surface area contributed by atoms with Crippen LogP contribution in [0.5, 0.6) is 0 Å². The summed E-state index contributed by atoms with van der Waals surface area (Å²) in [5.74, 6) is 0.666. The van der Waals surface area contributed by atoms with Crippen molar-refractivity contribution < 1.29 is 4.79 Å². The molecule has 2 aromatic heterocycles. The first-order valence-electron chi connectivity index (χ1n) is 8.16. The maximum Gasteiger partial charge on any atom is 0.318 e. The van der Waals surface area contributed by atoms with Crippen LogP contribution in [0.15, 0.2) is 42.6 Å². The fraction of sp³-hybridized carbons (Fsp3) is 0.278. The third kappa shape index (κ3) is 3.61. The smallest absolute Gasteiger partial charge is 0.318 e. The lowest BCUT2D eigenvalue weighted by Gasteiger charge is -2.27. The molecule has 2 unspecified atom stereocenters. The van der Waals surface area contributed by atoms with E-state index in [0.29, 0.717) is 15.9 Å². The largest absolute Gasteiger partial charge is 0.328 e. The van der Waals surface area contributed by atoms with Crippen LogP contribution < -0.4 is 5.32 Å². The van der Waals surface area contributed by atoms with Gasteiger partial charge in [-0.3, -0.25) is 4.40 Å². The van der Waals surface area contributed by atoms with E-state index < -0.39 is 0 Å². The van der Waals surface area contributed by atoms with Crippen LogP contribution in [0.2, 0.25) is 10.0 Å². The SMILES string of the molecule is CC(NC(=O)N(C)C(C)c1ccc(Cl)cc1Cl)c1nnc2ccccn12. The summed E-state index contributed by atoms with van der Waals surface area (Å²) < 4.78 is 1.85. The molecule has 6 nitrogen and oxygen atoms in total. The molecule has 2 atom stereocenters. The summed E-state index contributed by atoms with van der Waals surface area (Å²) in [7, 11) is 1.72. The number of amides is 2. The standard InChI is InChI=1S/C18H19Cl2N5O/c1-11(17-23-22-16-6-4-5-9-25(16)17)21-18(26)24(3)12(2)14-8-7-13(19)10-15(14)20/h4-12H,1-3H3,(H,21,26). The van der Waals surface area contributed by atoms with Crippen molar-refractivity contribution in [2.24, 2.45) is 0 Å². The maximum atomic E-state index is 12.7. The van der Waals surface area contributed by atoms with Crippen LogP contribution in [0.25, 0.3) is 5.65 Å². The van der Waals surface area contributed by atoms with Gasteiger partial charge in [-0.05, 0) is 43.7 Å². The van der Waals surface area contributed by atoms with Gasteiger partial charge in [0.1, 0.15) is 0 Å². The fourth-order valence-electron chi connectivity index (χ4n) is 2.73. The van der Waals surface area contributed by atoms with Crippen molar-refractivity contribution >= 4 is 34.9 Å². The molecule has 0 aliphatic rings. The zero-order chi connectivity index (χ0) is 18.8. The number of urea groups is 1. The van der Waals surface area contributed by atoms with Gasteiger partial charge in [-0.25, -0.2) is 4.79 Å². The Bertz CT molecular complexity index is 942. The molecule has 0 aliphatic heterocycles. The van der Waals surface area contributed by atoms with Gasteiger partial charge in [-0.15, -0.1) is 10.2 Å². The van der Waals surface area contributed by atoms with Gasteiger partial charge in [0.05, 0.1) is 12.1 Å². The van der Waals surface area contributed by atoms with Gasteiger partial charge in [0.15, 0.2) is 11.5 Å². The molecule has 2 heterocycles. The van der Waals surface area contributed by atoms with Gasteiger partial charge >= 0.3 is 6.03 Å². The summed E-state index contributed by atoms with van der Waals surface area (Å²) in [6, 6.07) is 10.1. The summed E-state index contributed by atoms with van der Waals surface area (Å²) in [6.07, 6.45) is 1.87. The van der Waals surface area contributed by atoms with Gasteiger partial charge in [0.25, 0.3) is 0 Å². The van der Waals surface area contributed by atoms with Crippen LogP contribution >= 0.6 is 23.2 Å². The summed E-state index contributed by atoms with van der Waals surface area (Å²) in [6.45, 7) is 3.78. The molecule has 26 heavy (non-hydrogen) atoms. The highest BCUT2D eigenvalue weighted by Gasteiger charge is 2.23. The average Bonchev–Trinajstić information content (AvgIpc) is 3.04. The van der Waals surface area contributed by atoms with E-state index in [2.05, 4.69) is 15.5 Å². The topological polar surface area (TPSA) is 62.5 Å². The first-order valence-corrected chi connectivity index (χ1v) is 8.92. The van der Waals surface area contributed by atoms with Crippen LogP contribution in [-0.4, -0.2) is 32.6 Å². The minimum absolute atomic E-state index is 0.220. The van der Waals surface area contributed by atoms with E-state index in [0.717, 1.165) is 11.2 Å². The van der Waals surface area contributed by atoms with Crippen molar-refractivity contribution in [1.29, 1.82) is 0 Å². The molecule has 8 heteroatoms. The van der Waals surface area contributed by atoms with Crippen LogP contribution in [0, 0.1) is 0 Å². The minimum Gasteiger partial charge on any atom is -0.328 e. The van der Waals surface area contributed by atoms with Crippen molar-refractivity contribution in [3.63, 3.8) is 0 Å². The van der Waals surface area contributed by atoms with Crippen molar-refractivity contribution in [2.45, 2.75) is 25.9 Å². The van der Waals surface area contributed by atoms with Gasteiger partial charge in [0, 0.05) is 23.3 Å². The first kappa shape index (κ1) is 18.5. The van der Waals surface area contributed by atoms with E-state index >= 15 is 0 Å². The number of hydrogen-bond acceptors (Lipinski definition) is 3. The molecule has 0 bridgehead atoms. The van der Waals surface area contributed by atoms with E-state index in [4.69, 9.17) is 23.2 Å². The lowest BCUT2D eigenvalue weighted by atomic mass is 10.1. The Morgan fingerprint density at radius 1 is 1.19 bits per heavy atom. The molecule has 0 saturated carbocycles. The van der Waals surface area contributed by atoms with E-state index in [9.17, 15) is 4.79 Å². The maximum absolute atomic E-state index is 12.7. The Hall–Kier alpha value is -2.31. The predicted molar refractivity (Wildman–Crippen MR) is 103 cm³/mol. The molecule has 0 fully saturated rings. The number of hydrogen-bond donors (Lipinski definition) is 1. The van der Waals surface area contributed by atoms with E-state index in [1.165, 1.54) is 0 Å². The Labute approximate surface area is 161 Å². The molecule has 0 radical (unpaired) electrons. The van der Waals surface area contributed by atoms with Crippen LogP contribution in [0.4, 0.5) is 4.79 Å². The highest BCUT2D eigenvalue weighted by Crippen LogP contribution is 2.29. The number of benzene rings is 1. The number of carbonyl (C=O) groups is 1. The monoisotopic (exact) mass is 391 g/mol. The number of nitrogens with zero attached hydrogens (tertiary/aromatic N) is 4. The average molecular weight is 392 g/mol. The summed E-state index contributed by atoms with van der Waals surface area (Å²) >= 11 is 12.2. The van der Waals surface area contributed by atoms with Crippen molar-refractivity contribution in [2.75, 3.05) is 7.05 Å². The normalized spacial score (nSPS) is 13.4. The van der Waals surface area contributed by atoms with Crippen LogP contribution in [0.1, 0.15) is 37.3 Å². The van der Waals surface area contributed by atoms with Crippen LogP contribution in [-0.2, 0) is 0 Å². The molecule has 1 N–H and O–H groups in total. The Morgan fingerprint density at radius 2 is 1.96 bits per heavy atom. The number of fused-ring (bicyclic) bond motifs is 1. The van der Waals surface area contributed by atoms with Crippen molar-refractivity contribution in [3.05, 3.63) is 64.0 Å². The number of rotatable bonds is 4.